The fourth-order valence-corrected chi connectivity index (χ4v) is 4.99. The minimum Gasteiger partial charge on any atom is -0.386 e. The average molecular weight is 444 g/mol. The molecule has 2 N–H and O–H groups in total. The summed E-state index contributed by atoms with van der Waals surface area (Å²) in [6, 6.07) is 16.1. The van der Waals surface area contributed by atoms with Gasteiger partial charge in [0.05, 0.1) is 22.0 Å². The minimum atomic E-state index is -4.05. The van der Waals surface area contributed by atoms with Crippen molar-refractivity contribution in [2.24, 2.45) is 0 Å². The van der Waals surface area contributed by atoms with Gasteiger partial charge in [0.2, 0.25) is 0 Å². The highest BCUT2D eigenvalue weighted by molar-refractivity contribution is 7.92. The van der Waals surface area contributed by atoms with E-state index < -0.39 is 21.7 Å². The van der Waals surface area contributed by atoms with E-state index >= 15 is 0 Å². The van der Waals surface area contributed by atoms with Crippen molar-refractivity contribution in [3.05, 3.63) is 83.4 Å². The molecule has 0 bridgehead atoms. The van der Waals surface area contributed by atoms with Gasteiger partial charge in [0.15, 0.2) is 0 Å². The van der Waals surface area contributed by atoms with Gasteiger partial charge in [0.25, 0.3) is 10.0 Å². The van der Waals surface area contributed by atoms with Gasteiger partial charge in [-0.1, -0.05) is 30.3 Å². The van der Waals surface area contributed by atoms with Gasteiger partial charge in [-0.25, -0.2) is 17.2 Å². The first-order valence-electron chi connectivity index (χ1n) is 9.99. The molecule has 0 aromatic heterocycles. The molecule has 1 heterocycles. The maximum Gasteiger partial charge on any atom is 0.262 e. The smallest absolute Gasteiger partial charge is 0.262 e. The SMILES string of the molecule is CNc1cc(S(=O)(=O)Nc2ccc(F)cc2F)cc2c1N(CCc1ccccc1)CC2. The molecule has 0 atom stereocenters. The third-order valence-electron chi connectivity index (χ3n) is 5.40. The molecule has 8 heteroatoms. The van der Waals surface area contributed by atoms with E-state index in [0.717, 1.165) is 42.9 Å². The van der Waals surface area contributed by atoms with E-state index in [1.165, 1.54) is 5.56 Å². The van der Waals surface area contributed by atoms with Crippen molar-refractivity contribution < 1.29 is 17.2 Å². The summed E-state index contributed by atoms with van der Waals surface area (Å²) in [7, 11) is -2.30. The molecule has 3 aromatic rings. The third kappa shape index (κ3) is 4.49. The molecule has 0 saturated heterocycles. The third-order valence-corrected chi connectivity index (χ3v) is 6.74. The lowest BCUT2D eigenvalue weighted by molar-refractivity contribution is 0.583. The number of halogens is 2. The molecule has 1 aliphatic heterocycles. The number of benzene rings is 3. The quantitative estimate of drug-likeness (QED) is 0.568. The highest BCUT2D eigenvalue weighted by Gasteiger charge is 2.26. The summed E-state index contributed by atoms with van der Waals surface area (Å²) in [6.45, 7) is 1.61. The summed E-state index contributed by atoms with van der Waals surface area (Å²) in [6.07, 6.45) is 1.60. The first-order chi connectivity index (χ1) is 14.9. The Balaban J connectivity index is 1.60. The second-order valence-corrected chi connectivity index (χ2v) is 9.11. The van der Waals surface area contributed by atoms with Crippen molar-refractivity contribution in [3.8, 4) is 0 Å². The minimum absolute atomic E-state index is 0.0317. The Morgan fingerprint density at radius 2 is 1.77 bits per heavy atom. The number of hydrogen-bond donors (Lipinski definition) is 2. The van der Waals surface area contributed by atoms with Crippen LogP contribution in [-0.4, -0.2) is 28.6 Å². The van der Waals surface area contributed by atoms with E-state index in [-0.39, 0.29) is 10.6 Å². The van der Waals surface area contributed by atoms with Gasteiger partial charge in [0.1, 0.15) is 11.6 Å². The highest BCUT2D eigenvalue weighted by Crippen LogP contribution is 2.38. The van der Waals surface area contributed by atoms with Gasteiger partial charge in [-0.05, 0) is 48.2 Å². The molecule has 0 amide bonds. The number of hydrogen-bond acceptors (Lipinski definition) is 4. The molecule has 0 fully saturated rings. The van der Waals surface area contributed by atoms with E-state index in [1.54, 1.807) is 19.2 Å². The van der Waals surface area contributed by atoms with E-state index in [4.69, 9.17) is 0 Å². The normalized spacial score (nSPS) is 13.2. The van der Waals surface area contributed by atoms with Crippen LogP contribution in [0.2, 0.25) is 0 Å². The molecular formula is C23H23F2N3O2S. The first kappa shape index (κ1) is 21.1. The van der Waals surface area contributed by atoms with E-state index in [1.807, 2.05) is 18.2 Å². The van der Waals surface area contributed by atoms with Crippen molar-refractivity contribution in [2.45, 2.75) is 17.7 Å². The van der Waals surface area contributed by atoms with Crippen LogP contribution in [0.3, 0.4) is 0 Å². The molecule has 31 heavy (non-hydrogen) atoms. The van der Waals surface area contributed by atoms with Crippen molar-refractivity contribution in [1.29, 1.82) is 0 Å². The van der Waals surface area contributed by atoms with Crippen molar-refractivity contribution >= 4 is 27.1 Å². The summed E-state index contributed by atoms with van der Waals surface area (Å²) in [5.41, 5.74) is 3.55. The van der Waals surface area contributed by atoms with Crippen LogP contribution in [0.5, 0.6) is 0 Å². The number of rotatable bonds is 7. The molecule has 0 saturated carbocycles. The molecule has 162 valence electrons. The summed E-state index contributed by atoms with van der Waals surface area (Å²) < 4.78 is 55.1. The Morgan fingerprint density at radius 1 is 1.00 bits per heavy atom. The zero-order chi connectivity index (χ0) is 22.0. The number of nitrogens with one attached hydrogen (secondary N) is 2. The maximum atomic E-state index is 14.0. The topological polar surface area (TPSA) is 61.4 Å². The lowest BCUT2D eigenvalue weighted by Gasteiger charge is -2.23. The predicted molar refractivity (Wildman–Crippen MR) is 119 cm³/mol. The maximum absolute atomic E-state index is 14.0. The monoisotopic (exact) mass is 443 g/mol. The van der Waals surface area contributed by atoms with Gasteiger partial charge in [-0.3, -0.25) is 4.72 Å². The van der Waals surface area contributed by atoms with Gasteiger partial charge >= 0.3 is 0 Å². The van der Waals surface area contributed by atoms with Crippen LogP contribution in [0.25, 0.3) is 0 Å². The van der Waals surface area contributed by atoms with Crippen LogP contribution in [0.15, 0.2) is 65.6 Å². The number of nitrogens with zero attached hydrogens (tertiary/aromatic N) is 1. The van der Waals surface area contributed by atoms with E-state index in [2.05, 4.69) is 27.1 Å². The zero-order valence-corrected chi connectivity index (χ0v) is 17.8. The molecule has 0 spiro atoms. The zero-order valence-electron chi connectivity index (χ0n) is 17.0. The molecular weight excluding hydrogens is 420 g/mol. The van der Waals surface area contributed by atoms with Crippen LogP contribution in [0.4, 0.5) is 25.8 Å². The Morgan fingerprint density at radius 3 is 2.48 bits per heavy atom. The molecule has 5 nitrogen and oxygen atoms in total. The fourth-order valence-electron chi connectivity index (χ4n) is 3.85. The molecule has 0 unspecified atom stereocenters. The second kappa shape index (κ2) is 8.55. The van der Waals surface area contributed by atoms with Gasteiger partial charge < -0.3 is 10.2 Å². The number of sulfonamides is 1. The van der Waals surface area contributed by atoms with Crippen LogP contribution in [0.1, 0.15) is 11.1 Å². The second-order valence-electron chi connectivity index (χ2n) is 7.43. The summed E-state index contributed by atoms with van der Waals surface area (Å²) >= 11 is 0. The van der Waals surface area contributed by atoms with Crippen molar-refractivity contribution in [2.75, 3.05) is 35.1 Å². The fraction of sp³-hybridized carbons (Fsp3) is 0.217. The summed E-state index contributed by atoms with van der Waals surface area (Å²) in [5, 5.41) is 3.09. The van der Waals surface area contributed by atoms with Gasteiger partial charge in [-0.15, -0.1) is 0 Å². The van der Waals surface area contributed by atoms with Crippen LogP contribution in [-0.2, 0) is 22.9 Å². The Labute approximate surface area is 180 Å². The van der Waals surface area contributed by atoms with E-state index in [0.29, 0.717) is 18.2 Å². The predicted octanol–water partition coefficient (Wildman–Crippen LogP) is 4.41. The lowest BCUT2D eigenvalue weighted by atomic mass is 10.1. The number of anilines is 3. The number of fused-ring (bicyclic) bond motifs is 1. The lowest BCUT2D eigenvalue weighted by Crippen LogP contribution is -2.24. The first-order valence-corrected chi connectivity index (χ1v) is 11.5. The van der Waals surface area contributed by atoms with Crippen LogP contribution < -0.4 is 14.9 Å². The Kier molecular flexibility index (Phi) is 5.82. The van der Waals surface area contributed by atoms with Gasteiger partial charge in [0, 0.05) is 26.2 Å². The molecule has 0 aliphatic carbocycles. The van der Waals surface area contributed by atoms with Crippen molar-refractivity contribution in [1.82, 2.24) is 0 Å². The standard InChI is InChI=1S/C23H23F2N3O2S/c1-26-22-15-19(31(29,30)27-21-8-7-18(24)14-20(21)25)13-17-10-12-28(23(17)22)11-9-16-5-3-2-4-6-16/h2-8,13-15,26-27H,9-12H2,1H3. The summed E-state index contributed by atoms with van der Waals surface area (Å²) in [4.78, 5) is 2.28. The van der Waals surface area contributed by atoms with Crippen molar-refractivity contribution in [3.63, 3.8) is 0 Å². The average Bonchev–Trinajstić information content (AvgIpc) is 3.17. The molecule has 1 aliphatic rings. The Hall–Kier alpha value is -3.13. The van der Waals surface area contributed by atoms with Crippen LogP contribution in [0, 0.1) is 11.6 Å². The van der Waals surface area contributed by atoms with E-state index in [9.17, 15) is 17.2 Å². The highest BCUT2D eigenvalue weighted by atomic mass is 32.2. The summed E-state index contributed by atoms with van der Waals surface area (Å²) in [5.74, 6) is -1.74. The van der Waals surface area contributed by atoms with Crippen LogP contribution >= 0.6 is 0 Å². The molecule has 0 radical (unpaired) electrons. The largest absolute Gasteiger partial charge is 0.386 e. The van der Waals surface area contributed by atoms with Gasteiger partial charge in [-0.2, -0.15) is 0 Å². The molecule has 3 aromatic carbocycles. The molecule has 4 rings (SSSR count). The Bertz CT molecular complexity index is 1200.